The highest BCUT2D eigenvalue weighted by Gasteiger charge is 1.72. The van der Waals surface area contributed by atoms with E-state index in [1.54, 1.807) is 0 Å². The Morgan fingerprint density at radius 1 is 1.17 bits per heavy atom. The predicted molar refractivity (Wildman–Crippen MR) is 54.3 cm³/mol. The maximum Gasteiger partial charge on any atom is 0.242 e. The van der Waals surface area contributed by atoms with Gasteiger partial charge in [-0.05, 0) is 6.92 Å². The van der Waals surface area contributed by atoms with E-state index in [0.717, 1.165) is 0 Å². The average molecular weight is 185 g/mol. The molecule has 1 aromatic rings. The lowest BCUT2D eigenvalue weighted by Crippen LogP contribution is -1.62. The summed E-state index contributed by atoms with van der Waals surface area (Å²) in [4.78, 5) is 0. The van der Waals surface area contributed by atoms with Crippen molar-refractivity contribution in [3.05, 3.63) is 35.9 Å². The smallest absolute Gasteiger partial charge is 0.242 e. The van der Waals surface area contributed by atoms with E-state index in [0.29, 0.717) is 0 Å². The summed E-state index contributed by atoms with van der Waals surface area (Å²) in [6.45, 7) is 6.08. The van der Waals surface area contributed by atoms with Crippen molar-refractivity contribution < 1.29 is 4.57 Å². The Morgan fingerprint density at radius 3 is 1.67 bits per heavy atom. The Morgan fingerprint density at radius 2 is 1.50 bits per heavy atom. The second kappa shape index (κ2) is 12.9. The van der Waals surface area contributed by atoms with Crippen molar-refractivity contribution in [2.45, 2.75) is 20.8 Å². The molecule has 0 heterocycles. The summed E-state index contributed by atoms with van der Waals surface area (Å²) >= 11 is 0. The third-order valence-corrected chi connectivity index (χ3v) is 0.940. The molecule has 0 aromatic heterocycles. The maximum absolute atomic E-state index is 8.68. The Labute approximate surface area is 76.1 Å². The van der Waals surface area contributed by atoms with Crippen molar-refractivity contribution in [1.29, 1.82) is 0 Å². The standard InChI is InChI=1S/C7H8.C2H6.H2NOP/c1-7-5-3-2-4-6-7;1-2;1-3-2/h2-6H,1H3;1-2H3;(H2,1,2). The summed E-state index contributed by atoms with van der Waals surface area (Å²) in [5.74, 6) is 0. The van der Waals surface area contributed by atoms with Crippen LogP contribution in [-0.2, 0) is 4.57 Å². The minimum atomic E-state index is -0.333. The molecule has 12 heavy (non-hydrogen) atoms. The van der Waals surface area contributed by atoms with Crippen LogP contribution in [0, 0.1) is 6.92 Å². The number of hydrogen-bond acceptors (Lipinski definition) is 1. The van der Waals surface area contributed by atoms with Gasteiger partial charge in [-0.2, -0.15) is 0 Å². The monoisotopic (exact) mass is 185 g/mol. The summed E-state index contributed by atoms with van der Waals surface area (Å²) in [5.41, 5.74) is 5.59. The lowest BCUT2D eigenvalue weighted by Gasteiger charge is -1.82. The number of rotatable bonds is 0. The molecule has 0 unspecified atom stereocenters. The van der Waals surface area contributed by atoms with Crippen LogP contribution in [0.3, 0.4) is 0 Å². The summed E-state index contributed by atoms with van der Waals surface area (Å²) < 4.78 is 8.68. The minimum absolute atomic E-state index is 0.333. The van der Waals surface area contributed by atoms with Crippen molar-refractivity contribution in [3.8, 4) is 0 Å². The Kier molecular flexibility index (Phi) is 14.9. The van der Waals surface area contributed by atoms with E-state index in [1.165, 1.54) is 5.56 Å². The Balaban J connectivity index is 0. The van der Waals surface area contributed by atoms with Gasteiger partial charge in [-0.25, -0.2) is 0 Å². The molecule has 0 bridgehead atoms. The SMILES string of the molecule is CC.Cc1ccccc1.NP=O. The van der Waals surface area contributed by atoms with Crippen LogP contribution in [-0.4, -0.2) is 0 Å². The van der Waals surface area contributed by atoms with Gasteiger partial charge in [0, 0.05) is 0 Å². The van der Waals surface area contributed by atoms with Gasteiger partial charge in [0.05, 0.1) is 0 Å². The summed E-state index contributed by atoms with van der Waals surface area (Å²) in [7, 11) is -0.333. The highest BCUT2D eigenvalue weighted by atomic mass is 31.1. The lowest BCUT2D eigenvalue weighted by molar-refractivity contribution is 0.599. The molecule has 0 saturated heterocycles. The number of benzene rings is 1. The minimum Gasteiger partial charge on any atom is -0.256 e. The van der Waals surface area contributed by atoms with Crippen molar-refractivity contribution >= 4 is 8.61 Å². The number of nitrogens with two attached hydrogens (primary N) is 1. The van der Waals surface area contributed by atoms with Crippen LogP contribution in [0.15, 0.2) is 30.3 Å². The third-order valence-electron chi connectivity index (χ3n) is 0.940. The molecule has 0 atom stereocenters. The van der Waals surface area contributed by atoms with Crippen LogP contribution >= 0.6 is 8.61 Å². The highest BCUT2D eigenvalue weighted by Crippen LogP contribution is 1.92. The fraction of sp³-hybridized carbons (Fsp3) is 0.333. The molecular weight excluding hydrogens is 169 g/mol. The van der Waals surface area contributed by atoms with Crippen LogP contribution in [0.2, 0.25) is 0 Å². The van der Waals surface area contributed by atoms with Gasteiger partial charge < -0.3 is 0 Å². The van der Waals surface area contributed by atoms with E-state index in [1.807, 2.05) is 32.0 Å². The van der Waals surface area contributed by atoms with Crippen LogP contribution in [0.4, 0.5) is 0 Å². The maximum atomic E-state index is 8.68. The first-order chi connectivity index (χ1) is 5.81. The molecule has 0 radical (unpaired) electrons. The summed E-state index contributed by atoms with van der Waals surface area (Å²) in [6, 6.07) is 10.3. The zero-order valence-electron chi connectivity index (χ0n) is 7.82. The molecule has 68 valence electrons. The third kappa shape index (κ3) is 12.0. The molecular formula is C9H16NOP. The van der Waals surface area contributed by atoms with Gasteiger partial charge in [0.1, 0.15) is 0 Å². The van der Waals surface area contributed by atoms with Crippen LogP contribution < -0.4 is 5.50 Å². The quantitative estimate of drug-likeness (QED) is 0.631. The Bertz CT molecular complexity index is 177. The molecule has 0 aliphatic heterocycles. The highest BCUT2D eigenvalue weighted by molar-refractivity contribution is 7.20. The van der Waals surface area contributed by atoms with Gasteiger partial charge in [-0.15, -0.1) is 0 Å². The first kappa shape index (κ1) is 13.8. The van der Waals surface area contributed by atoms with Crippen LogP contribution in [0.25, 0.3) is 0 Å². The van der Waals surface area contributed by atoms with E-state index in [2.05, 4.69) is 24.6 Å². The first-order valence-corrected chi connectivity index (χ1v) is 4.73. The zero-order chi connectivity index (χ0) is 9.82. The molecule has 3 heteroatoms. The second-order valence-corrected chi connectivity index (χ2v) is 1.97. The first-order valence-electron chi connectivity index (χ1n) is 3.85. The van der Waals surface area contributed by atoms with Crippen molar-refractivity contribution in [2.75, 3.05) is 0 Å². The molecule has 2 N–H and O–H groups in total. The average Bonchev–Trinajstić information content (AvgIpc) is 2.11. The molecule has 1 aromatic carbocycles. The fourth-order valence-electron chi connectivity index (χ4n) is 0.534. The van der Waals surface area contributed by atoms with Gasteiger partial charge in [0.15, 0.2) is 0 Å². The normalized spacial score (nSPS) is 7.33. The second-order valence-electron chi connectivity index (χ2n) is 1.76. The molecule has 0 saturated carbocycles. The molecule has 0 spiro atoms. The van der Waals surface area contributed by atoms with E-state index in [-0.39, 0.29) is 8.61 Å². The van der Waals surface area contributed by atoms with Crippen LogP contribution in [0.1, 0.15) is 19.4 Å². The zero-order valence-corrected chi connectivity index (χ0v) is 8.71. The lowest BCUT2D eigenvalue weighted by atomic mass is 10.2. The topological polar surface area (TPSA) is 43.1 Å². The summed E-state index contributed by atoms with van der Waals surface area (Å²) in [6.07, 6.45) is 0. The van der Waals surface area contributed by atoms with Gasteiger partial charge in [0.2, 0.25) is 8.61 Å². The van der Waals surface area contributed by atoms with Crippen molar-refractivity contribution in [1.82, 2.24) is 0 Å². The van der Waals surface area contributed by atoms with E-state index in [9.17, 15) is 0 Å². The van der Waals surface area contributed by atoms with Gasteiger partial charge in [0.25, 0.3) is 0 Å². The molecule has 0 aliphatic carbocycles. The number of aryl methyl sites for hydroxylation is 1. The molecule has 0 amide bonds. The Hall–Kier alpha value is -0.720. The predicted octanol–water partition coefficient (Wildman–Crippen LogP) is 3.17. The van der Waals surface area contributed by atoms with E-state index in [4.69, 9.17) is 4.57 Å². The van der Waals surface area contributed by atoms with Crippen LogP contribution in [0.5, 0.6) is 0 Å². The molecule has 2 nitrogen and oxygen atoms in total. The van der Waals surface area contributed by atoms with Gasteiger partial charge in [-0.3, -0.25) is 10.1 Å². The van der Waals surface area contributed by atoms with E-state index < -0.39 is 0 Å². The fourth-order valence-corrected chi connectivity index (χ4v) is 0.534. The molecule has 0 aliphatic rings. The van der Waals surface area contributed by atoms with Crippen molar-refractivity contribution in [2.24, 2.45) is 5.50 Å². The van der Waals surface area contributed by atoms with Crippen molar-refractivity contribution in [3.63, 3.8) is 0 Å². The largest absolute Gasteiger partial charge is 0.256 e. The summed E-state index contributed by atoms with van der Waals surface area (Å²) in [5, 5.41) is 0. The number of hydrogen-bond donors (Lipinski definition) is 1. The van der Waals surface area contributed by atoms with E-state index >= 15 is 0 Å². The van der Waals surface area contributed by atoms with Gasteiger partial charge >= 0.3 is 0 Å². The molecule has 1 rings (SSSR count). The van der Waals surface area contributed by atoms with Gasteiger partial charge in [-0.1, -0.05) is 49.7 Å². The molecule has 0 fully saturated rings.